The van der Waals surface area contributed by atoms with Crippen LogP contribution < -0.4 is 4.74 Å². The van der Waals surface area contributed by atoms with Crippen molar-refractivity contribution >= 4 is 50.8 Å². The highest BCUT2D eigenvalue weighted by Gasteiger charge is 2.37. The van der Waals surface area contributed by atoms with Crippen molar-refractivity contribution in [2.45, 2.75) is 13.5 Å². The zero-order chi connectivity index (χ0) is 23.4. The fraction of sp³-hybridized carbons (Fsp3) is 0.292. The minimum absolute atomic E-state index is 0.250. The highest BCUT2D eigenvalue weighted by atomic mass is 79.9. The number of aryl methyl sites for hydroxylation is 1. The number of thioether (sulfide) groups is 1. The summed E-state index contributed by atoms with van der Waals surface area (Å²) in [5.74, 6) is -0.0287. The fourth-order valence-electron chi connectivity index (χ4n) is 3.40. The highest BCUT2D eigenvalue weighted by molar-refractivity contribution is 9.10. The Balaban J connectivity index is 1.40. The number of imide groups is 1. The summed E-state index contributed by atoms with van der Waals surface area (Å²) in [6, 6.07) is 13.6. The molecule has 0 spiro atoms. The van der Waals surface area contributed by atoms with Crippen LogP contribution in [0.4, 0.5) is 4.79 Å². The van der Waals surface area contributed by atoms with Crippen LogP contribution in [0.3, 0.4) is 0 Å². The first-order valence-electron chi connectivity index (χ1n) is 10.5. The molecule has 2 aliphatic heterocycles. The van der Waals surface area contributed by atoms with Crippen LogP contribution in [0.2, 0.25) is 0 Å². The van der Waals surface area contributed by atoms with Gasteiger partial charge in [-0.2, -0.15) is 0 Å². The summed E-state index contributed by atoms with van der Waals surface area (Å²) < 4.78 is 11.9. The van der Waals surface area contributed by atoms with Gasteiger partial charge in [-0.1, -0.05) is 35.9 Å². The van der Waals surface area contributed by atoms with Crippen molar-refractivity contribution in [3.05, 3.63) is 68.5 Å². The summed E-state index contributed by atoms with van der Waals surface area (Å²) in [5, 5.41) is -0.440. The van der Waals surface area contributed by atoms with Crippen LogP contribution in [-0.2, 0) is 20.9 Å². The van der Waals surface area contributed by atoms with Gasteiger partial charge in [-0.05, 0) is 64.0 Å². The number of nitrogens with zero attached hydrogens (tertiary/aromatic N) is 2. The molecule has 33 heavy (non-hydrogen) atoms. The summed E-state index contributed by atoms with van der Waals surface area (Å²) in [5.41, 5.74) is 3.01. The molecule has 2 aliphatic rings. The lowest BCUT2D eigenvalue weighted by atomic mass is 10.1. The molecule has 0 N–H and O–H groups in total. The monoisotopic (exact) mass is 530 g/mol. The first-order chi connectivity index (χ1) is 15.9. The maximum absolute atomic E-state index is 12.8. The number of hydrogen-bond acceptors (Lipinski definition) is 6. The number of benzene rings is 2. The van der Waals surface area contributed by atoms with Gasteiger partial charge in [0.05, 0.1) is 22.6 Å². The minimum atomic E-state index is -0.456. The van der Waals surface area contributed by atoms with E-state index in [1.165, 1.54) is 5.56 Å². The van der Waals surface area contributed by atoms with Crippen molar-refractivity contribution < 1.29 is 23.9 Å². The van der Waals surface area contributed by atoms with Crippen LogP contribution in [0, 0.1) is 6.92 Å². The molecule has 0 bridgehead atoms. The molecule has 172 valence electrons. The fourth-order valence-corrected chi connectivity index (χ4v) is 4.75. The van der Waals surface area contributed by atoms with Gasteiger partial charge in [0.1, 0.15) is 18.9 Å². The Morgan fingerprint density at radius 2 is 1.88 bits per heavy atom. The van der Waals surface area contributed by atoms with Crippen LogP contribution in [-0.4, -0.2) is 59.7 Å². The number of hydrogen-bond donors (Lipinski definition) is 0. The predicted octanol–water partition coefficient (Wildman–Crippen LogP) is 4.23. The number of amides is 3. The van der Waals surface area contributed by atoms with Gasteiger partial charge in [0.25, 0.3) is 11.1 Å². The average molecular weight is 531 g/mol. The van der Waals surface area contributed by atoms with Crippen LogP contribution in [0.1, 0.15) is 16.7 Å². The van der Waals surface area contributed by atoms with E-state index in [4.69, 9.17) is 9.47 Å². The van der Waals surface area contributed by atoms with Crippen molar-refractivity contribution in [2.75, 3.05) is 32.8 Å². The average Bonchev–Trinajstić information content (AvgIpc) is 3.07. The normalized spacial score (nSPS) is 17.7. The Bertz CT molecular complexity index is 1100. The van der Waals surface area contributed by atoms with E-state index in [9.17, 15) is 14.4 Å². The van der Waals surface area contributed by atoms with E-state index in [0.717, 1.165) is 32.3 Å². The molecular formula is C24H23BrN2O5S. The zero-order valence-corrected chi connectivity index (χ0v) is 20.5. The standard InChI is InChI=1S/C24H23BrN2O5S/c1-16-2-4-17(5-3-16)15-32-20-7-6-18(12-19(20)25)13-21-23(29)27(24(30)33-21)14-22(28)26-8-10-31-11-9-26/h2-7,12-13H,8-11,14-15H2,1H3/b21-13+. The number of ether oxygens (including phenoxy) is 2. The van der Waals surface area contributed by atoms with Gasteiger partial charge in [0.2, 0.25) is 5.91 Å². The third-order valence-electron chi connectivity index (χ3n) is 5.30. The van der Waals surface area contributed by atoms with Crippen molar-refractivity contribution in [1.82, 2.24) is 9.80 Å². The molecule has 2 saturated heterocycles. The maximum atomic E-state index is 12.8. The number of morpholine rings is 1. The Morgan fingerprint density at radius 1 is 1.15 bits per heavy atom. The Labute approximate surface area is 204 Å². The van der Waals surface area contributed by atoms with Gasteiger partial charge >= 0.3 is 0 Å². The first kappa shape index (κ1) is 23.5. The zero-order valence-electron chi connectivity index (χ0n) is 18.1. The molecule has 2 heterocycles. The molecule has 0 aromatic heterocycles. The van der Waals surface area contributed by atoms with Crippen molar-refractivity contribution in [1.29, 1.82) is 0 Å². The summed E-state index contributed by atoms with van der Waals surface area (Å²) in [4.78, 5) is 40.5. The van der Waals surface area contributed by atoms with E-state index < -0.39 is 11.1 Å². The second-order valence-electron chi connectivity index (χ2n) is 7.73. The van der Waals surface area contributed by atoms with Gasteiger partial charge in [-0.25, -0.2) is 0 Å². The summed E-state index contributed by atoms with van der Waals surface area (Å²) >= 11 is 4.35. The molecule has 9 heteroatoms. The number of carbonyl (C=O) groups is 3. The Morgan fingerprint density at radius 3 is 2.58 bits per heavy atom. The smallest absolute Gasteiger partial charge is 0.294 e. The van der Waals surface area contributed by atoms with Crippen LogP contribution >= 0.6 is 27.7 Å². The molecule has 0 unspecified atom stereocenters. The number of halogens is 1. The van der Waals surface area contributed by atoms with Crippen LogP contribution in [0.5, 0.6) is 5.75 Å². The van der Waals surface area contributed by atoms with E-state index in [0.29, 0.717) is 38.7 Å². The third-order valence-corrected chi connectivity index (χ3v) is 6.83. The van der Waals surface area contributed by atoms with Gasteiger partial charge in [0, 0.05) is 13.1 Å². The minimum Gasteiger partial charge on any atom is -0.488 e. The van der Waals surface area contributed by atoms with E-state index in [1.54, 1.807) is 11.0 Å². The lowest BCUT2D eigenvalue weighted by Gasteiger charge is -2.28. The molecule has 2 aromatic carbocycles. The second kappa shape index (κ2) is 10.5. The Hall–Kier alpha value is -2.62. The third kappa shape index (κ3) is 5.85. The van der Waals surface area contributed by atoms with Gasteiger partial charge in [-0.15, -0.1) is 0 Å². The molecular weight excluding hydrogens is 508 g/mol. The molecule has 0 aliphatic carbocycles. The molecule has 0 atom stereocenters. The molecule has 4 rings (SSSR count). The summed E-state index contributed by atoms with van der Waals surface area (Å²) in [6.07, 6.45) is 1.65. The predicted molar refractivity (Wildman–Crippen MR) is 130 cm³/mol. The summed E-state index contributed by atoms with van der Waals surface area (Å²) in [6.45, 7) is 4.09. The first-order valence-corrected chi connectivity index (χ1v) is 12.1. The largest absolute Gasteiger partial charge is 0.488 e. The molecule has 7 nitrogen and oxygen atoms in total. The van der Waals surface area contributed by atoms with Crippen LogP contribution in [0.15, 0.2) is 51.8 Å². The lowest BCUT2D eigenvalue weighted by molar-refractivity contribution is -0.139. The number of rotatable bonds is 6. The van der Waals surface area contributed by atoms with E-state index >= 15 is 0 Å². The molecule has 2 fully saturated rings. The molecule has 2 aromatic rings. The highest BCUT2D eigenvalue weighted by Crippen LogP contribution is 2.34. The maximum Gasteiger partial charge on any atom is 0.294 e. The van der Waals surface area contributed by atoms with Gasteiger partial charge < -0.3 is 14.4 Å². The van der Waals surface area contributed by atoms with Gasteiger partial charge in [0.15, 0.2) is 0 Å². The summed E-state index contributed by atoms with van der Waals surface area (Å²) in [7, 11) is 0. The van der Waals surface area contributed by atoms with Gasteiger partial charge in [-0.3, -0.25) is 19.3 Å². The number of carbonyl (C=O) groups excluding carboxylic acids is 3. The second-order valence-corrected chi connectivity index (χ2v) is 9.57. The van der Waals surface area contributed by atoms with Crippen molar-refractivity contribution in [2.24, 2.45) is 0 Å². The van der Waals surface area contributed by atoms with Crippen LogP contribution in [0.25, 0.3) is 6.08 Å². The van der Waals surface area contributed by atoms with E-state index in [2.05, 4.69) is 15.9 Å². The van der Waals surface area contributed by atoms with E-state index in [-0.39, 0.29) is 17.4 Å². The van der Waals surface area contributed by atoms with E-state index in [1.807, 2.05) is 49.4 Å². The molecule has 0 radical (unpaired) electrons. The quantitative estimate of drug-likeness (QED) is 0.520. The topological polar surface area (TPSA) is 76.2 Å². The lowest BCUT2D eigenvalue weighted by Crippen LogP contribution is -2.46. The SMILES string of the molecule is Cc1ccc(COc2ccc(/C=C3/SC(=O)N(CC(=O)N4CCOCC4)C3=O)cc2Br)cc1. The van der Waals surface area contributed by atoms with Crippen molar-refractivity contribution in [3.63, 3.8) is 0 Å². The molecule has 3 amide bonds. The molecule has 0 saturated carbocycles. The van der Waals surface area contributed by atoms with Crippen molar-refractivity contribution in [3.8, 4) is 5.75 Å². The Kier molecular flexibility index (Phi) is 7.52.